The van der Waals surface area contributed by atoms with Gasteiger partial charge in [-0.05, 0) is 25.1 Å². The van der Waals surface area contributed by atoms with E-state index in [1.165, 1.54) is 0 Å². The summed E-state index contributed by atoms with van der Waals surface area (Å²) in [4.78, 5) is 4.29. The standard InChI is InChI=1S/C10H13ClN4/c11-10-8-4-3-7(13)6-15(8)9(14-10)2-1-5-12/h3-4,6H,1-2,5,12-13H2. The Balaban J connectivity index is 2.49. The highest BCUT2D eigenvalue weighted by Gasteiger charge is 2.08. The van der Waals surface area contributed by atoms with E-state index in [9.17, 15) is 0 Å². The third-order valence-electron chi connectivity index (χ3n) is 2.29. The fraction of sp³-hybridized carbons (Fsp3) is 0.300. The van der Waals surface area contributed by atoms with Crippen molar-refractivity contribution in [2.75, 3.05) is 12.3 Å². The van der Waals surface area contributed by atoms with Crippen LogP contribution in [0.3, 0.4) is 0 Å². The second-order valence-corrected chi connectivity index (χ2v) is 3.79. The molecule has 2 aromatic heterocycles. The molecule has 0 spiro atoms. The lowest BCUT2D eigenvalue weighted by atomic mass is 10.3. The van der Waals surface area contributed by atoms with Gasteiger partial charge in [-0.15, -0.1) is 0 Å². The lowest BCUT2D eigenvalue weighted by molar-refractivity contribution is 0.778. The largest absolute Gasteiger partial charge is 0.398 e. The van der Waals surface area contributed by atoms with Crippen molar-refractivity contribution in [3.8, 4) is 0 Å². The van der Waals surface area contributed by atoms with Crippen LogP contribution >= 0.6 is 11.6 Å². The SMILES string of the molecule is NCCCc1nc(Cl)c2ccc(N)cn12. The highest BCUT2D eigenvalue weighted by Crippen LogP contribution is 2.20. The van der Waals surface area contributed by atoms with Gasteiger partial charge in [-0.25, -0.2) is 4.98 Å². The molecule has 80 valence electrons. The number of hydrogen-bond acceptors (Lipinski definition) is 3. The third kappa shape index (κ3) is 1.91. The average Bonchev–Trinajstić information content (AvgIpc) is 2.52. The van der Waals surface area contributed by atoms with E-state index in [2.05, 4.69) is 4.98 Å². The van der Waals surface area contributed by atoms with E-state index in [1.54, 1.807) is 0 Å². The van der Waals surface area contributed by atoms with Crippen molar-refractivity contribution in [3.63, 3.8) is 0 Å². The van der Waals surface area contributed by atoms with Gasteiger partial charge in [0.05, 0.1) is 5.52 Å². The van der Waals surface area contributed by atoms with Gasteiger partial charge in [0, 0.05) is 18.3 Å². The third-order valence-corrected chi connectivity index (χ3v) is 2.57. The first-order valence-electron chi connectivity index (χ1n) is 4.84. The fourth-order valence-electron chi connectivity index (χ4n) is 1.56. The lowest BCUT2D eigenvalue weighted by Crippen LogP contribution is -2.03. The van der Waals surface area contributed by atoms with Crippen molar-refractivity contribution in [3.05, 3.63) is 29.3 Å². The smallest absolute Gasteiger partial charge is 0.155 e. The summed E-state index contributed by atoms with van der Waals surface area (Å²) in [6.45, 7) is 0.648. The number of nitrogens with two attached hydrogens (primary N) is 2. The minimum absolute atomic E-state index is 0.516. The summed E-state index contributed by atoms with van der Waals surface area (Å²) in [7, 11) is 0. The van der Waals surface area contributed by atoms with Gasteiger partial charge in [0.15, 0.2) is 5.15 Å². The Morgan fingerprint density at radius 3 is 2.93 bits per heavy atom. The molecule has 2 rings (SSSR count). The van der Waals surface area contributed by atoms with Gasteiger partial charge in [-0.1, -0.05) is 11.6 Å². The number of pyridine rings is 1. The fourth-order valence-corrected chi connectivity index (χ4v) is 1.81. The zero-order valence-electron chi connectivity index (χ0n) is 8.28. The molecular formula is C10H13ClN4. The predicted molar refractivity (Wildman–Crippen MR) is 62.0 cm³/mol. The molecule has 2 heterocycles. The average molecular weight is 225 g/mol. The molecule has 15 heavy (non-hydrogen) atoms. The van der Waals surface area contributed by atoms with Gasteiger partial charge >= 0.3 is 0 Å². The van der Waals surface area contributed by atoms with E-state index in [-0.39, 0.29) is 0 Å². The Kier molecular flexibility index (Phi) is 2.79. The molecule has 0 aliphatic heterocycles. The molecule has 0 unspecified atom stereocenters. The maximum absolute atomic E-state index is 6.01. The molecule has 0 saturated heterocycles. The van der Waals surface area contributed by atoms with E-state index in [1.807, 2.05) is 22.7 Å². The Morgan fingerprint density at radius 1 is 1.40 bits per heavy atom. The molecule has 0 bridgehead atoms. The van der Waals surface area contributed by atoms with E-state index < -0.39 is 0 Å². The first-order valence-corrected chi connectivity index (χ1v) is 5.22. The number of halogens is 1. The molecule has 0 atom stereocenters. The van der Waals surface area contributed by atoms with Crippen LogP contribution < -0.4 is 11.5 Å². The Morgan fingerprint density at radius 2 is 2.20 bits per heavy atom. The topological polar surface area (TPSA) is 69.3 Å². The molecule has 4 N–H and O–H groups in total. The number of rotatable bonds is 3. The molecule has 0 saturated carbocycles. The van der Waals surface area contributed by atoms with Gasteiger partial charge < -0.3 is 15.9 Å². The molecule has 0 aromatic carbocycles. The van der Waals surface area contributed by atoms with Crippen molar-refractivity contribution < 1.29 is 0 Å². The van der Waals surface area contributed by atoms with Crippen LogP contribution in [0.2, 0.25) is 5.15 Å². The highest BCUT2D eigenvalue weighted by molar-refractivity contribution is 6.32. The van der Waals surface area contributed by atoms with Crippen molar-refractivity contribution >= 4 is 22.8 Å². The molecule has 5 heteroatoms. The van der Waals surface area contributed by atoms with Crippen molar-refractivity contribution in [2.24, 2.45) is 5.73 Å². The summed E-state index contributed by atoms with van der Waals surface area (Å²) in [5.74, 6) is 0.910. The summed E-state index contributed by atoms with van der Waals surface area (Å²) >= 11 is 6.01. The molecule has 0 amide bonds. The molecule has 2 aromatic rings. The van der Waals surface area contributed by atoms with Crippen molar-refractivity contribution in [1.29, 1.82) is 0 Å². The number of imidazole rings is 1. The summed E-state index contributed by atoms with van der Waals surface area (Å²) in [6, 6.07) is 3.69. The van der Waals surface area contributed by atoms with Crippen LogP contribution in [0.5, 0.6) is 0 Å². The first kappa shape index (κ1) is 10.3. The van der Waals surface area contributed by atoms with Crippen LogP contribution in [-0.2, 0) is 6.42 Å². The van der Waals surface area contributed by atoms with Gasteiger partial charge in [0.25, 0.3) is 0 Å². The van der Waals surface area contributed by atoms with E-state index in [4.69, 9.17) is 23.1 Å². The van der Waals surface area contributed by atoms with Crippen LogP contribution in [0.1, 0.15) is 12.2 Å². The number of anilines is 1. The van der Waals surface area contributed by atoms with Crippen LogP contribution in [-0.4, -0.2) is 15.9 Å². The lowest BCUT2D eigenvalue weighted by Gasteiger charge is -2.00. The molecule has 0 radical (unpaired) electrons. The summed E-state index contributed by atoms with van der Waals surface area (Å²) in [5.41, 5.74) is 12.8. The normalized spacial score (nSPS) is 11.1. The predicted octanol–water partition coefficient (Wildman–Crippen LogP) is 1.46. The summed E-state index contributed by atoms with van der Waals surface area (Å²) < 4.78 is 1.92. The van der Waals surface area contributed by atoms with Crippen LogP contribution in [0.25, 0.3) is 5.52 Å². The Bertz CT molecular complexity index is 477. The maximum atomic E-state index is 6.01. The number of aromatic nitrogens is 2. The quantitative estimate of drug-likeness (QED) is 0.830. The number of nitrogens with zero attached hydrogens (tertiary/aromatic N) is 2. The van der Waals surface area contributed by atoms with E-state index in [0.717, 1.165) is 24.2 Å². The van der Waals surface area contributed by atoms with Gasteiger partial charge in [-0.2, -0.15) is 0 Å². The van der Waals surface area contributed by atoms with Gasteiger partial charge in [-0.3, -0.25) is 0 Å². The van der Waals surface area contributed by atoms with Crippen molar-refractivity contribution in [1.82, 2.24) is 9.38 Å². The van der Waals surface area contributed by atoms with Crippen LogP contribution in [0, 0.1) is 0 Å². The molecular weight excluding hydrogens is 212 g/mol. The minimum atomic E-state index is 0.516. The van der Waals surface area contributed by atoms with Crippen molar-refractivity contribution in [2.45, 2.75) is 12.8 Å². The zero-order chi connectivity index (χ0) is 10.8. The first-order chi connectivity index (χ1) is 7.22. The molecule has 0 aliphatic rings. The van der Waals surface area contributed by atoms with Gasteiger partial charge in [0.2, 0.25) is 0 Å². The number of fused-ring (bicyclic) bond motifs is 1. The highest BCUT2D eigenvalue weighted by atomic mass is 35.5. The Labute approximate surface area is 92.8 Å². The second-order valence-electron chi connectivity index (χ2n) is 3.43. The minimum Gasteiger partial charge on any atom is -0.398 e. The maximum Gasteiger partial charge on any atom is 0.155 e. The molecule has 0 fully saturated rings. The number of aryl methyl sites for hydroxylation is 1. The summed E-state index contributed by atoms with van der Waals surface area (Å²) in [6.07, 6.45) is 3.54. The van der Waals surface area contributed by atoms with Gasteiger partial charge in [0.1, 0.15) is 5.82 Å². The van der Waals surface area contributed by atoms with Crippen LogP contribution in [0.4, 0.5) is 5.69 Å². The number of hydrogen-bond donors (Lipinski definition) is 2. The van der Waals surface area contributed by atoms with Crippen LogP contribution in [0.15, 0.2) is 18.3 Å². The van der Waals surface area contributed by atoms with E-state index in [0.29, 0.717) is 17.4 Å². The molecule has 0 aliphatic carbocycles. The zero-order valence-corrected chi connectivity index (χ0v) is 9.04. The monoisotopic (exact) mass is 224 g/mol. The second kappa shape index (κ2) is 4.08. The Hall–Kier alpha value is -1.26. The number of nitrogen functional groups attached to an aromatic ring is 1. The summed E-state index contributed by atoms with van der Waals surface area (Å²) in [5, 5.41) is 0.516. The van der Waals surface area contributed by atoms with E-state index >= 15 is 0 Å². The molecule has 4 nitrogen and oxygen atoms in total.